The molecule has 1 aromatic heterocycles. The van der Waals surface area contributed by atoms with Gasteiger partial charge in [0.1, 0.15) is 0 Å². The molecule has 0 aliphatic heterocycles. The van der Waals surface area contributed by atoms with E-state index < -0.39 is 0 Å². The number of rotatable bonds is 7. The van der Waals surface area contributed by atoms with Crippen molar-refractivity contribution in [2.45, 2.75) is 26.3 Å². The van der Waals surface area contributed by atoms with Crippen LogP contribution in [0.25, 0.3) is 11.4 Å². The minimum atomic E-state index is 0.519. The number of aromatic nitrogens is 4. The molecule has 2 aromatic rings. The van der Waals surface area contributed by atoms with Gasteiger partial charge >= 0.3 is 0 Å². The number of nitrogens with two attached hydrogens (primary N) is 1. The molecule has 0 bridgehead atoms. The number of benzene rings is 1. The van der Waals surface area contributed by atoms with Crippen LogP contribution in [0.2, 0.25) is 5.02 Å². The largest absolute Gasteiger partial charge is 0.398 e. The number of tetrazole rings is 1. The summed E-state index contributed by atoms with van der Waals surface area (Å²) in [6.45, 7) is 4.28. The second kappa shape index (κ2) is 7.21. The number of halogens is 1. The van der Waals surface area contributed by atoms with Crippen LogP contribution >= 0.6 is 11.6 Å². The van der Waals surface area contributed by atoms with Crippen LogP contribution in [0.4, 0.5) is 5.69 Å². The highest BCUT2D eigenvalue weighted by Gasteiger charge is 2.10. The Kier molecular flexibility index (Phi) is 5.31. The first-order valence-electron chi connectivity index (χ1n) is 6.61. The van der Waals surface area contributed by atoms with Crippen molar-refractivity contribution in [1.82, 2.24) is 20.2 Å². The van der Waals surface area contributed by atoms with Gasteiger partial charge in [-0.1, -0.05) is 18.5 Å². The zero-order chi connectivity index (χ0) is 14.4. The molecule has 108 valence electrons. The Balaban J connectivity index is 2.02. The van der Waals surface area contributed by atoms with Gasteiger partial charge in [0, 0.05) is 25.3 Å². The first kappa shape index (κ1) is 14.7. The van der Waals surface area contributed by atoms with Crippen molar-refractivity contribution in [1.29, 1.82) is 0 Å². The van der Waals surface area contributed by atoms with Gasteiger partial charge in [-0.25, -0.2) is 4.68 Å². The van der Waals surface area contributed by atoms with Crippen molar-refractivity contribution in [3.05, 3.63) is 23.2 Å². The Bertz CT molecular complexity index is 557. The lowest BCUT2D eigenvalue weighted by Gasteiger charge is -2.06. The summed E-state index contributed by atoms with van der Waals surface area (Å²) in [5.41, 5.74) is 7.17. The van der Waals surface area contributed by atoms with Gasteiger partial charge in [0.05, 0.1) is 10.7 Å². The summed E-state index contributed by atoms with van der Waals surface area (Å²) in [6.07, 6.45) is 1.89. The van der Waals surface area contributed by atoms with E-state index in [0.717, 1.165) is 25.0 Å². The van der Waals surface area contributed by atoms with Crippen LogP contribution in [0.1, 0.15) is 19.8 Å². The predicted molar refractivity (Wildman–Crippen MR) is 78.4 cm³/mol. The van der Waals surface area contributed by atoms with Crippen molar-refractivity contribution in [2.75, 3.05) is 18.9 Å². The second-order valence-corrected chi connectivity index (χ2v) is 4.84. The number of hydrogen-bond donors (Lipinski definition) is 1. The van der Waals surface area contributed by atoms with E-state index in [-0.39, 0.29) is 0 Å². The van der Waals surface area contributed by atoms with Gasteiger partial charge in [0.2, 0.25) is 0 Å². The summed E-state index contributed by atoms with van der Waals surface area (Å²) in [5.74, 6) is 0.684. The number of ether oxygens (including phenoxy) is 1. The molecule has 1 heterocycles. The standard InChI is InChI=1S/C13H18ClN5O/c1-2-7-20-8-3-6-19-13(16-17-18-19)10-4-5-11(14)12(15)9-10/h4-5,9H,2-3,6-8,15H2,1H3. The summed E-state index contributed by atoms with van der Waals surface area (Å²) in [7, 11) is 0. The van der Waals surface area contributed by atoms with E-state index in [2.05, 4.69) is 22.4 Å². The number of nitrogen functional groups attached to an aromatic ring is 1. The summed E-state index contributed by atoms with van der Waals surface area (Å²) in [4.78, 5) is 0. The third-order valence-electron chi connectivity index (χ3n) is 2.79. The zero-order valence-corrected chi connectivity index (χ0v) is 12.2. The Morgan fingerprint density at radius 2 is 2.20 bits per heavy atom. The normalized spacial score (nSPS) is 10.9. The number of aryl methyl sites for hydroxylation is 1. The Morgan fingerprint density at radius 1 is 1.35 bits per heavy atom. The molecular formula is C13H18ClN5O. The third kappa shape index (κ3) is 3.68. The molecule has 0 aliphatic carbocycles. The molecule has 1 aromatic carbocycles. The molecule has 20 heavy (non-hydrogen) atoms. The molecule has 0 saturated carbocycles. The van der Waals surface area contributed by atoms with Crippen LogP contribution in [0, 0.1) is 0 Å². The van der Waals surface area contributed by atoms with Crippen molar-refractivity contribution in [2.24, 2.45) is 0 Å². The lowest BCUT2D eigenvalue weighted by atomic mass is 10.2. The van der Waals surface area contributed by atoms with Crippen molar-refractivity contribution >= 4 is 17.3 Å². The smallest absolute Gasteiger partial charge is 0.182 e. The van der Waals surface area contributed by atoms with Crippen LogP contribution < -0.4 is 5.73 Å². The molecule has 6 nitrogen and oxygen atoms in total. The van der Waals surface area contributed by atoms with Crippen molar-refractivity contribution < 1.29 is 4.74 Å². The number of hydrogen-bond acceptors (Lipinski definition) is 5. The third-order valence-corrected chi connectivity index (χ3v) is 3.14. The second-order valence-electron chi connectivity index (χ2n) is 4.43. The molecule has 0 saturated heterocycles. The molecule has 7 heteroatoms. The van der Waals surface area contributed by atoms with Gasteiger partial charge in [-0.3, -0.25) is 0 Å². The van der Waals surface area contributed by atoms with Gasteiger partial charge in [-0.15, -0.1) is 5.10 Å². The van der Waals surface area contributed by atoms with E-state index in [4.69, 9.17) is 22.1 Å². The number of anilines is 1. The lowest BCUT2D eigenvalue weighted by molar-refractivity contribution is 0.128. The maximum Gasteiger partial charge on any atom is 0.182 e. The maximum atomic E-state index is 5.91. The lowest BCUT2D eigenvalue weighted by Crippen LogP contribution is -2.06. The Morgan fingerprint density at radius 3 is 2.95 bits per heavy atom. The Hall–Kier alpha value is -1.66. The van der Waals surface area contributed by atoms with Crippen LogP contribution in [-0.2, 0) is 11.3 Å². The molecule has 0 fully saturated rings. The van der Waals surface area contributed by atoms with Gasteiger partial charge in [0.25, 0.3) is 0 Å². The van der Waals surface area contributed by atoms with Gasteiger partial charge in [-0.05, 0) is 41.5 Å². The average Bonchev–Trinajstić information content (AvgIpc) is 2.90. The summed E-state index contributed by atoms with van der Waals surface area (Å²) in [6, 6.07) is 5.38. The molecular weight excluding hydrogens is 278 g/mol. The minimum absolute atomic E-state index is 0.519. The molecule has 0 aliphatic rings. The molecule has 0 unspecified atom stereocenters. The van der Waals surface area contributed by atoms with Crippen LogP contribution in [0.15, 0.2) is 18.2 Å². The quantitative estimate of drug-likeness (QED) is 0.627. The fourth-order valence-electron chi connectivity index (χ4n) is 1.81. The van der Waals surface area contributed by atoms with Gasteiger partial charge < -0.3 is 10.5 Å². The number of nitrogens with zero attached hydrogens (tertiary/aromatic N) is 4. The molecule has 0 atom stereocenters. The fourth-order valence-corrected chi connectivity index (χ4v) is 1.93. The minimum Gasteiger partial charge on any atom is -0.398 e. The molecule has 0 amide bonds. The first-order chi connectivity index (χ1) is 9.72. The molecule has 0 spiro atoms. The molecule has 2 rings (SSSR count). The highest BCUT2D eigenvalue weighted by atomic mass is 35.5. The maximum absolute atomic E-state index is 5.91. The van der Waals surface area contributed by atoms with E-state index in [1.165, 1.54) is 0 Å². The van der Waals surface area contributed by atoms with Crippen LogP contribution in [0.3, 0.4) is 0 Å². The first-order valence-corrected chi connectivity index (χ1v) is 6.99. The van der Waals surface area contributed by atoms with Gasteiger partial charge in [-0.2, -0.15) is 0 Å². The van der Waals surface area contributed by atoms with Crippen molar-refractivity contribution in [3.63, 3.8) is 0 Å². The van der Waals surface area contributed by atoms with E-state index in [1.807, 2.05) is 6.07 Å². The van der Waals surface area contributed by atoms with E-state index >= 15 is 0 Å². The highest BCUT2D eigenvalue weighted by Crippen LogP contribution is 2.25. The molecule has 0 radical (unpaired) electrons. The van der Waals surface area contributed by atoms with Crippen LogP contribution in [-0.4, -0.2) is 33.4 Å². The van der Waals surface area contributed by atoms with E-state index in [0.29, 0.717) is 29.7 Å². The summed E-state index contributed by atoms with van der Waals surface area (Å²) >= 11 is 5.91. The van der Waals surface area contributed by atoms with E-state index in [9.17, 15) is 0 Å². The van der Waals surface area contributed by atoms with Crippen molar-refractivity contribution in [3.8, 4) is 11.4 Å². The zero-order valence-electron chi connectivity index (χ0n) is 11.4. The molecule has 2 N–H and O–H groups in total. The topological polar surface area (TPSA) is 78.8 Å². The highest BCUT2D eigenvalue weighted by molar-refractivity contribution is 6.33. The predicted octanol–water partition coefficient (Wildman–Crippen LogP) is 2.39. The SMILES string of the molecule is CCCOCCCn1nnnc1-c1ccc(Cl)c(N)c1. The summed E-state index contributed by atoms with van der Waals surface area (Å²) < 4.78 is 7.19. The Labute approximate surface area is 122 Å². The average molecular weight is 296 g/mol. The van der Waals surface area contributed by atoms with Gasteiger partial charge in [0.15, 0.2) is 5.82 Å². The fraction of sp³-hybridized carbons (Fsp3) is 0.462. The summed E-state index contributed by atoms with van der Waals surface area (Å²) in [5, 5.41) is 12.3. The van der Waals surface area contributed by atoms with E-state index in [1.54, 1.807) is 16.8 Å². The van der Waals surface area contributed by atoms with Crippen LogP contribution in [0.5, 0.6) is 0 Å². The monoisotopic (exact) mass is 295 g/mol.